The minimum atomic E-state index is -3.65. The van der Waals surface area contributed by atoms with Gasteiger partial charge in [0.25, 0.3) is 0 Å². The predicted octanol–water partition coefficient (Wildman–Crippen LogP) is 1.29. The van der Waals surface area contributed by atoms with Crippen molar-refractivity contribution in [2.45, 2.75) is 11.3 Å². The molecule has 1 heterocycles. The third kappa shape index (κ3) is 4.29. The largest absolute Gasteiger partial charge is 0.310 e. The first-order valence-corrected chi connectivity index (χ1v) is 12.2. The lowest BCUT2D eigenvalue weighted by atomic mass is 10.2. The molecule has 0 bridgehead atoms. The van der Waals surface area contributed by atoms with Gasteiger partial charge in [0.1, 0.15) is 6.54 Å². The Kier molecular flexibility index (Phi) is 5.70. The first-order valence-electron chi connectivity index (χ1n) is 8.90. The maximum Gasteiger partial charge on any atom is 0.247 e. The number of hydrogen-bond acceptors (Lipinski definition) is 5. The first kappa shape index (κ1) is 21.3. The van der Waals surface area contributed by atoms with Crippen LogP contribution in [-0.4, -0.2) is 60.5 Å². The van der Waals surface area contributed by atoms with E-state index in [4.69, 9.17) is 0 Å². The van der Waals surface area contributed by atoms with E-state index in [-0.39, 0.29) is 17.3 Å². The van der Waals surface area contributed by atoms with Crippen molar-refractivity contribution in [1.82, 2.24) is 4.31 Å². The second-order valence-corrected chi connectivity index (χ2v) is 11.0. The molecule has 1 aliphatic heterocycles. The molecule has 0 saturated carbocycles. The third-order valence-electron chi connectivity index (χ3n) is 4.75. The Hall–Kier alpha value is -2.43. The molecule has 0 unspecified atom stereocenters. The zero-order chi connectivity index (χ0) is 21.4. The van der Waals surface area contributed by atoms with E-state index >= 15 is 0 Å². The standard InChI is InChI=1S/C19H23N3O5S2/c1-20(2)29(26,27)17-9-10-18-15(13-17)11-12-21(18)19(23)14-22(28(3,24)25)16-7-5-4-6-8-16/h4-10,13H,11-12,14H2,1-3H3. The van der Waals surface area contributed by atoms with Crippen molar-refractivity contribution in [3.63, 3.8) is 0 Å². The van der Waals surface area contributed by atoms with Gasteiger partial charge in [-0.3, -0.25) is 9.10 Å². The maximum absolute atomic E-state index is 12.9. The zero-order valence-electron chi connectivity index (χ0n) is 16.4. The Morgan fingerprint density at radius 1 is 1.03 bits per heavy atom. The minimum absolute atomic E-state index is 0.164. The van der Waals surface area contributed by atoms with Gasteiger partial charge in [0, 0.05) is 26.3 Å². The molecule has 0 aliphatic carbocycles. The van der Waals surface area contributed by atoms with Crippen molar-refractivity contribution in [2.24, 2.45) is 0 Å². The van der Waals surface area contributed by atoms with E-state index in [2.05, 4.69) is 0 Å². The molecule has 156 valence electrons. The van der Waals surface area contributed by atoms with Crippen LogP contribution in [-0.2, 0) is 31.3 Å². The van der Waals surface area contributed by atoms with Crippen LogP contribution >= 0.6 is 0 Å². The Balaban J connectivity index is 1.87. The first-order chi connectivity index (χ1) is 13.5. The SMILES string of the molecule is CN(C)S(=O)(=O)c1ccc2c(c1)CCN2C(=O)CN(c1ccccc1)S(C)(=O)=O. The average Bonchev–Trinajstić information content (AvgIpc) is 3.09. The lowest BCUT2D eigenvalue weighted by molar-refractivity contribution is -0.117. The maximum atomic E-state index is 12.9. The number of benzene rings is 2. The van der Waals surface area contributed by atoms with Crippen molar-refractivity contribution >= 4 is 37.3 Å². The van der Waals surface area contributed by atoms with E-state index in [1.165, 1.54) is 25.1 Å². The number of para-hydroxylation sites is 1. The monoisotopic (exact) mass is 437 g/mol. The number of sulfonamides is 2. The molecule has 3 rings (SSSR count). The van der Waals surface area contributed by atoms with E-state index in [0.717, 1.165) is 20.4 Å². The summed E-state index contributed by atoms with van der Waals surface area (Å²) < 4.78 is 51.3. The highest BCUT2D eigenvalue weighted by Crippen LogP contribution is 2.31. The zero-order valence-corrected chi connectivity index (χ0v) is 18.1. The summed E-state index contributed by atoms with van der Waals surface area (Å²) in [6.45, 7) is 0.0338. The van der Waals surface area contributed by atoms with Crippen LogP contribution in [0.2, 0.25) is 0 Å². The summed E-state index contributed by atoms with van der Waals surface area (Å²) in [6.07, 6.45) is 1.56. The number of hydrogen-bond donors (Lipinski definition) is 0. The summed E-state index contributed by atoms with van der Waals surface area (Å²) in [5.74, 6) is -0.374. The summed E-state index contributed by atoms with van der Waals surface area (Å²) in [4.78, 5) is 14.6. The van der Waals surface area contributed by atoms with Gasteiger partial charge in [-0.15, -0.1) is 0 Å². The van der Waals surface area contributed by atoms with Gasteiger partial charge in [-0.1, -0.05) is 18.2 Å². The molecule has 10 heteroatoms. The summed E-state index contributed by atoms with van der Waals surface area (Å²) in [6, 6.07) is 13.1. The molecule has 0 aromatic heterocycles. The predicted molar refractivity (Wildman–Crippen MR) is 112 cm³/mol. The minimum Gasteiger partial charge on any atom is -0.310 e. The molecule has 0 N–H and O–H groups in total. The second kappa shape index (κ2) is 7.77. The topological polar surface area (TPSA) is 95.1 Å². The van der Waals surface area contributed by atoms with E-state index in [1.54, 1.807) is 42.5 Å². The smallest absolute Gasteiger partial charge is 0.247 e. The lowest BCUT2D eigenvalue weighted by Crippen LogP contribution is -2.42. The van der Waals surface area contributed by atoms with Crippen LogP contribution in [0.5, 0.6) is 0 Å². The molecule has 29 heavy (non-hydrogen) atoms. The van der Waals surface area contributed by atoms with Crippen molar-refractivity contribution in [3.8, 4) is 0 Å². The van der Waals surface area contributed by atoms with Crippen LogP contribution in [0.25, 0.3) is 0 Å². The lowest BCUT2D eigenvalue weighted by Gasteiger charge is -2.25. The van der Waals surface area contributed by atoms with Gasteiger partial charge < -0.3 is 4.90 Å². The Morgan fingerprint density at radius 3 is 2.28 bits per heavy atom. The molecule has 0 radical (unpaired) electrons. The van der Waals surface area contributed by atoms with Crippen LogP contribution in [0.4, 0.5) is 11.4 Å². The Labute approximate surface area is 171 Å². The highest BCUT2D eigenvalue weighted by molar-refractivity contribution is 7.92. The fourth-order valence-electron chi connectivity index (χ4n) is 3.21. The van der Waals surface area contributed by atoms with Gasteiger partial charge in [-0.05, 0) is 42.3 Å². The summed E-state index contributed by atoms with van der Waals surface area (Å²) >= 11 is 0. The molecule has 8 nitrogen and oxygen atoms in total. The van der Waals surface area contributed by atoms with E-state index < -0.39 is 20.0 Å². The van der Waals surface area contributed by atoms with Crippen LogP contribution in [0.15, 0.2) is 53.4 Å². The normalized spacial score (nSPS) is 14.1. The number of carbonyl (C=O) groups is 1. The molecule has 0 saturated heterocycles. The molecule has 2 aromatic rings. The fourth-order valence-corrected chi connectivity index (χ4v) is 5.01. The van der Waals surface area contributed by atoms with Gasteiger partial charge in [0.05, 0.1) is 16.8 Å². The molecular weight excluding hydrogens is 414 g/mol. The number of fused-ring (bicyclic) bond motifs is 1. The van der Waals surface area contributed by atoms with Crippen molar-refractivity contribution in [1.29, 1.82) is 0 Å². The average molecular weight is 438 g/mol. The van der Waals surface area contributed by atoms with Crippen molar-refractivity contribution in [3.05, 3.63) is 54.1 Å². The molecule has 0 fully saturated rings. The molecule has 2 aromatic carbocycles. The Bertz CT molecular complexity index is 1130. The van der Waals surface area contributed by atoms with Gasteiger partial charge in [-0.2, -0.15) is 0 Å². The second-order valence-electron chi connectivity index (χ2n) is 6.98. The highest BCUT2D eigenvalue weighted by Gasteiger charge is 2.30. The fraction of sp³-hybridized carbons (Fsp3) is 0.316. The number of rotatable bonds is 6. The van der Waals surface area contributed by atoms with E-state index in [9.17, 15) is 21.6 Å². The molecule has 1 amide bonds. The van der Waals surface area contributed by atoms with Crippen LogP contribution < -0.4 is 9.21 Å². The number of anilines is 2. The van der Waals surface area contributed by atoms with Gasteiger partial charge >= 0.3 is 0 Å². The molecular formula is C19H23N3O5S2. The molecule has 0 spiro atoms. The quantitative estimate of drug-likeness (QED) is 0.679. The summed E-state index contributed by atoms with van der Waals surface area (Å²) in [5.41, 5.74) is 1.76. The number of amides is 1. The van der Waals surface area contributed by atoms with Gasteiger partial charge in [-0.25, -0.2) is 21.1 Å². The van der Waals surface area contributed by atoms with Crippen LogP contribution in [0.1, 0.15) is 5.56 Å². The summed E-state index contributed by atoms with van der Waals surface area (Å²) in [5, 5.41) is 0. The highest BCUT2D eigenvalue weighted by atomic mass is 32.2. The summed E-state index contributed by atoms with van der Waals surface area (Å²) in [7, 11) is -4.30. The van der Waals surface area contributed by atoms with Gasteiger partial charge in [0.2, 0.25) is 26.0 Å². The van der Waals surface area contributed by atoms with E-state index in [1.807, 2.05) is 0 Å². The van der Waals surface area contributed by atoms with Crippen molar-refractivity contribution in [2.75, 3.05) is 42.6 Å². The number of nitrogens with zero attached hydrogens (tertiary/aromatic N) is 3. The molecule has 1 aliphatic rings. The number of carbonyl (C=O) groups excluding carboxylic acids is 1. The van der Waals surface area contributed by atoms with E-state index in [0.29, 0.717) is 24.3 Å². The van der Waals surface area contributed by atoms with Crippen LogP contribution in [0.3, 0.4) is 0 Å². The van der Waals surface area contributed by atoms with Gasteiger partial charge in [0.15, 0.2) is 0 Å². The third-order valence-corrected chi connectivity index (χ3v) is 7.70. The van der Waals surface area contributed by atoms with Crippen LogP contribution in [0, 0.1) is 0 Å². The Morgan fingerprint density at radius 2 is 1.69 bits per heavy atom. The van der Waals surface area contributed by atoms with Crippen molar-refractivity contribution < 1.29 is 21.6 Å². The molecule has 0 atom stereocenters.